The molecular formula is C16H17N3O3. The van der Waals surface area contributed by atoms with E-state index in [1.807, 2.05) is 18.2 Å². The number of hydrogen-bond acceptors (Lipinski definition) is 3. The van der Waals surface area contributed by atoms with E-state index in [0.29, 0.717) is 18.7 Å². The predicted molar refractivity (Wildman–Crippen MR) is 81.0 cm³/mol. The van der Waals surface area contributed by atoms with E-state index in [-0.39, 0.29) is 19.0 Å². The average Bonchev–Trinajstić information content (AvgIpc) is 2.54. The van der Waals surface area contributed by atoms with Gasteiger partial charge in [-0.2, -0.15) is 5.26 Å². The van der Waals surface area contributed by atoms with Crippen LogP contribution >= 0.6 is 0 Å². The molecule has 0 spiro atoms. The van der Waals surface area contributed by atoms with Crippen molar-refractivity contribution in [3.05, 3.63) is 41.5 Å². The largest absolute Gasteiger partial charge is 0.481 e. The molecule has 1 aliphatic rings. The van der Waals surface area contributed by atoms with Crippen molar-refractivity contribution in [1.29, 1.82) is 5.26 Å². The zero-order valence-corrected chi connectivity index (χ0v) is 12.1. The highest BCUT2D eigenvalue weighted by Crippen LogP contribution is 2.22. The van der Waals surface area contributed by atoms with Gasteiger partial charge in [-0.05, 0) is 29.7 Å². The van der Waals surface area contributed by atoms with Crippen molar-refractivity contribution in [2.75, 3.05) is 19.6 Å². The van der Waals surface area contributed by atoms with E-state index < -0.39 is 5.97 Å². The quantitative estimate of drug-likeness (QED) is 0.887. The molecule has 0 unspecified atom stereocenters. The lowest BCUT2D eigenvalue weighted by Crippen LogP contribution is -2.42. The summed E-state index contributed by atoms with van der Waals surface area (Å²) >= 11 is 0. The summed E-state index contributed by atoms with van der Waals surface area (Å²) in [7, 11) is 0. The minimum atomic E-state index is -0.929. The maximum absolute atomic E-state index is 11.9. The van der Waals surface area contributed by atoms with Crippen LogP contribution in [-0.4, -0.2) is 41.6 Å². The number of nitrogens with one attached hydrogen (secondary N) is 1. The monoisotopic (exact) mass is 299 g/mol. The molecule has 2 rings (SSSR count). The van der Waals surface area contributed by atoms with Gasteiger partial charge in [-0.15, -0.1) is 0 Å². The third-order valence-corrected chi connectivity index (χ3v) is 3.50. The Hall–Kier alpha value is -2.81. The van der Waals surface area contributed by atoms with E-state index >= 15 is 0 Å². The standard InChI is InChI=1S/C16H17N3O3/c17-11-12-1-3-13(4-2-12)14-6-9-19(10-7-14)16(22)18-8-5-15(20)21/h1-4,6H,5,7-10H2,(H,18,22)(H,20,21). The predicted octanol–water partition coefficient (Wildman–Crippen LogP) is 1.83. The van der Waals surface area contributed by atoms with E-state index in [4.69, 9.17) is 10.4 Å². The van der Waals surface area contributed by atoms with Crippen molar-refractivity contribution in [3.63, 3.8) is 0 Å². The van der Waals surface area contributed by atoms with Crippen LogP contribution in [-0.2, 0) is 4.79 Å². The van der Waals surface area contributed by atoms with Crippen LogP contribution in [0.25, 0.3) is 5.57 Å². The van der Waals surface area contributed by atoms with Crippen molar-refractivity contribution < 1.29 is 14.7 Å². The maximum atomic E-state index is 11.9. The first-order valence-corrected chi connectivity index (χ1v) is 7.04. The summed E-state index contributed by atoms with van der Waals surface area (Å²) in [6.45, 7) is 1.22. The van der Waals surface area contributed by atoms with Gasteiger partial charge in [-0.25, -0.2) is 4.79 Å². The Morgan fingerprint density at radius 1 is 1.32 bits per heavy atom. The Morgan fingerprint density at radius 3 is 2.59 bits per heavy atom. The van der Waals surface area contributed by atoms with Crippen LogP contribution in [0.4, 0.5) is 4.79 Å². The second-order valence-electron chi connectivity index (χ2n) is 4.99. The smallest absolute Gasteiger partial charge is 0.317 e. The molecule has 114 valence electrons. The second kappa shape index (κ2) is 7.27. The van der Waals surface area contributed by atoms with Crippen molar-refractivity contribution in [2.24, 2.45) is 0 Å². The van der Waals surface area contributed by atoms with Crippen molar-refractivity contribution in [3.8, 4) is 6.07 Å². The minimum Gasteiger partial charge on any atom is -0.481 e. The molecule has 1 heterocycles. The number of carbonyl (C=O) groups excluding carboxylic acids is 1. The number of nitriles is 1. The molecule has 0 saturated carbocycles. The van der Waals surface area contributed by atoms with Crippen molar-refractivity contribution >= 4 is 17.6 Å². The van der Waals surface area contributed by atoms with Gasteiger partial charge >= 0.3 is 12.0 Å². The summed E-state index contributed by atoms with van der Waals surface area (Å²) in [5.41, 5.74) is 2.84. The fraction of sp³-hybridized carbons (Fsp3) is 0.312. The molecule has 0 atom stereocenters. The Labute approximate surface area is 128 Å². The van der Waals surface area contributed by atoms with Crippen molar-refractivity contribution in [1.82, 2.24) is 10.2 Å². The van der Waals surface area contributed by atoms with E-state index in [9.17, 15) is 9.59 Å². The van der Waals surface area contributed by atoms with Crippen LogP contribution in [0.1, 0.15) is 24.0 Å². The van der Waals surface area contributed by atoms with Gasteiger partial charge in [-0.3, -0.25) is 4.79 Å². The van der Waals surface area contributed by atoms with Gasteiger partial charge in [0.25, 0.3) is 0 Å². The van der Waals surface area contributed by atoms with E-state index in [1.165, 1.54) is 0 Å². The summed E-state index contributed by atoms with van der Waals surface area (Å²) < 4.78 is 0. The lowest BCUT2D eigenvalue weighted by molar-refractivity contribution is -0.136. The molecule has 2 amide bonds. The van der Waals surface area contributed by atoms with Crippen LogP contribution in [0, 0.1) is 11.3 Å². The average molecular weight is 299 g/mol. The number of rotatable bonds is 4. The number of carbonyl (C=O) groups is 2. The highest BCUT2D eigenvalue weighted by Gasteiger charge is 2.17. The van der Waals surface area contributed by atoms with Gasteiger partial charge < -0.3 is 15.3 Å². The highest BCUT2D eigenvalue weighted by atomic mass is 16.4. The molecule has 6 heteroatoms. The first-order valence-electron chi connectivity index (χ1n) is 7.04. The first-order chi connectivity index (χ1) is 10.6. The number of aliphatic carboxylic acids is 1. The number of carboxylic acid groups (broad SMARTS) is 1. The Morgan fingerprint density at radius 2 is 2.05 bits per heavy atom. The Kier molecular flexibility index (Phi) is 5.15. The van der Waals surface area contributed by atoms with Crippen molar-refractivity contribution in [2.45, 2.75) is 12.8 Å². The molecule has 1 aromatic carbocycles. The third-order valence-electron chi connectivity index (χ3n) is 3.50. The molecule has 0 bridgehead atoms. The van der Waals surface area contributed by atoms with Gasteiger partial charge in [0.15, 0.2) is 0 Å². The molecule has 6 nitrogen and oxygen atoms in total. The minimum absolute atomic E-state index is 0.0775. The summed E-state index contributed by atoms with van der Waals surface area (Å²) in [6, 6.07) is 9.22. The van der Waals surface area contributed by atoms with Crippen LogP contribution in [0.2, 0.25) is 0 Å². The summed E-state index contributed by atoms with van der Waals surface area (Å²) in [4.78, 5) is 23.9. The summed E-state index contributed by atoms with van der Waals surface area (Å²) in [5, 5.41) is 19.9. The normalized spacial score (nSPS) is 14.0. The van der Waals surface area contributed by atoms with E-state index in [2.05, 4.69) is 11.4 Å². The summed E-state index contributed by atoms with van der Waals surface area (Å²) in [6.07, 6.45) is 2.64. The van der Waals surface area contributed by atoms with Gasteiger partial charge in [0.1, 0.15) is 0 Å². The van der Waals surface area contributed by atoms with E-state index in [1.54, 1.807) is 17.0 Å². The fourth-order valence-corrected chi connectivity index (χ4v) is 2.26. The Balaban J connectivity index is 1.90. The number of amides is 2. The molecule has 1 aromatic rings. The van der Waals surface area contributed by atoms with Gasteiger partial charge in [0.2, 0.25) is 0 Å². The molecule has 0 aromatic heterocycles. The second-order valence-corrected chi connectivity index (χ2v) is 4.99. The SMILES string of the molecule is N#Cc1ccc(C2=CCN(C(=O)NCCC(=O)O)CC2)cc1. The first kappa shape index (κ1) is 15.6. The lowest BCUT2D eigenvalue weighted by Gasteiger charge is -2.26. The van der Waals surface area contributed by atoms with E-state index in [0.717, 1.165) is 17.6 Å². The highest BCUT2D eigenvalue weighted by molar-refractivity contribution is 5.77. The molecule has 0 saturated heterocycles. The van der Waals surface area contributed by atoms with Crippen LogP contribution in [0.5, 0.6) is 0 Å². The molecule has 0 aliphatic carbocycles. The van der Waals surface area contributed by atoms with Gasteiger partial charge in [0.05, 0.1) is 18.1 Å². The Bertz CT molecular complexity index is 629. The molecule has 2 N–H and O–H groups in total. The zero-order valence-electron chi connectivity index (χ0n) is 12.1. The van der Waals surface area contributed by atoms with Crippen LogP contribution in [0.3, 0.4) is 0 Å². The maximum Gasteiger partial charge on any atom is 0.317 e. The number of nitrogens with zero attached hydrogens (tertiary/aromatic N) is 2. The zero-order chi connectivity index (χ0) is 15.9. The molecule has 22 heavy (non-hydrogen) atoms. The third kappa shape index (κ3) is 4.09. The van der Waals surface area contributed by atoms with Crippen LogP contribution < -0.4 is 5.32 Å². The number of hydrogen-bond donors (Lipinski definition) is 2. The molecule has 0 radical (unpaired) electrons. The molecular weight excluding hydrogens is 282 g/mol. The molecule has 1 aliphatic heterocycles. The van der Waals surface area contributed by atoms with Crippen LogP contribution in [0.15, 0.2) is 30.3 Å². The number of carboxylic acids is 1. The fourth-order valence-electron chi connectivity index (χ4n) is 2.26. The molecule has 0 fully saturated rings. The lowest BCUT2D eigenvalue weighted by atomic mass is 9.99. The number of urea groups is 1. The summed E-state index contributed by atoms with van der Waals surface area (Å²) in [5.74, 6) is -0.929. The topological polar surface area (TPSA) is 93.4 Å². The van der Waals surface area contributed by atoms with Gasteiger partial charge in [0, 0.05) is 19.6 Å². The number of benzene rings is 1. The van der Waals surface area contributed by atoms with Gasteiger partial charge in [-0.1, -0.05) is 18.2 Å².